The molecule has 2 atom stereocenters. The summed E-state index contributed by atoms with van der Waals surface area (Å²) in [5.41, 5.74) is 0. The minimum atomic E-state index is -0.401. The highest BCUT2D eigenvalue weighted by atomic mass is 32.2. The Labute approximate surface area is 131 Å². The van der Waals surface area contributed by atoms with E-state index in [2.05, 4.69) is 15.5 Å². The monoisotopic (exact) mass is 326 g/mol. The Kier molecular flexibility index (Phi) is 3.69. The molecule has 1 aromatic heterocycles. The number of rotatable bonds is 3. The lowest BCUT2D eigenvalue weighted by atomic mass is 10.2. The molecule has 1 N–H and O–H groups in total. The molecule has 21 heavy (non-hydrogen) atoms. The van der Waals surface area contributed by atoms with Crippen LogP contribution in [0, 0.1) is 0 Å². The molecule has 0 unspecified atom stereocenters. The topological polar surface area (TPSA) is 75.2 Å². The molecule has 3 heterocycles. The zero-order valence-corrected chi connectivity index (χ0v) is 13.9. The van der Waals surface area contributed by atoms with Crippen molar-refractivity contribution in [1.82, 2.24) is 15.1 Å². The van der Waals surface area contributed by atoms with E-state index in [-0.39, 0.29) is 16.7 Å². The lowest BCUT2D eigenvalue weighted by molar-refractivity contribution is -0.135. The molecule has 2 aliphatic heterocycles. The van der Waals surface area contributed by atoms with Gasteiger partial charge < -0.3 is 4.90 Å². The van der Waals surface area contributed by atoms with Crippen LogP contribution in [0.15, 0.2) is 0 Å². The van der Waals surface area contributed by atoms with Gasteiger partial charge in [-0.15, -0.1) is 22.0 Å². The van der Waals surface area contributed by atoms with Crippen LogP contribution in [-0.2, 0) is 9.59 Å². The summed E-state index contributed by atoms with van der Waals surface area (Å²) in [5, 5.41) is 12.3. The third-order valence-electron chi connectivity index (χ3n) is 3.91. The predicted octanol–water partition coefficient (Wildman–Crippen LogP) is 2.05. The van der Waals surface area contributed by atoms with Crippen molar-refractivity contribution in [2.75, 3.05) is 11.1 Å². The maximum atomic E-state index is 12.4. The van der Waals surface area contributed by atoms with Gasteiger partial charge in [-0.25, -0.2) is 0 Å². The summed E-state index contributed by atoms with van der Waals surface area (Å²) in [5.74, 6) is 0.846. The Morgan fingerprint density at radius 1 is 1.48 bits per heavy atom. The van der Waals surface area contributed by atoms with Crippen LogP contribution in [0.3, 0.4) is 0 Å². The van der Waals surface area contributed by atoms with E-state index >= 15 is 0 Å². The minimum Gasteiger partial charge on any atom is -0.315 e. The number of amides is 2. The highest BCUT2D eigenvalue weighted by Crippen LogP contribution is 2.47. The fourth-order valence-electron chi connectivity index (χ4n) is 2.72. The number of anilines is 1. The predicted molar refractivity (Wildman–Crippen MR) is 83.4 cm³/mol. The number of nitrogens with zero attached hydrogens (tertiary/aromatic N) is 3. The van der Waals surface area contributed by atoms with E-state index in [9.17, 15) is 9.59 Å². The number of carbonyl (C=O) groups excluding carboxylic acids is 2. The minimum absolute atomic E-state index is 0.0720. The number of carbonyl (C=O) groups is 2. The van der Waals surface area contributed by atoms with Gasteiger partial charge in [0.05, 0.1) is 4.87 Å². The van der Waals surface area contributed by atoms with Gasteiger partial charge in [0.2, 0.25) is 16.9 Å². The van der Waals surface area contributed by atoms with Gasteiger partial charge in [-0.2, -0.15) is 0 Å². The maximum Gasteiger partial charge on any atom is 0.249 e. The van der Waals surface area contributed by atoms with Gasteiger partial charge in [0.1, 0.15) is 11.0 Å². The van der Waals surface area contributed by atoms with Gasteiger partial charge in [-0.3, -0.25) is 14.9 Å². The van der Waals surface area contributed by atoms with Crippen LogP contribution in [0.5, 0.6) is 0 Å². The van der Waals surface area contributed by atoms with E-state index in [1.807, 2.05) is 20.8 Å². The molecular weight excluding hydrogens is 308 g/mol. The standard InChI is InChI=1S/C13H18N4O2S2/c1-7(2)11-15-16-12(21-11)14-10(19)8-6-20-13(3)5-4-9(18)17(8)13/h7-8H,4-6H2,1-3H3,(H,14,16,19)/t8-,13-/m0/s1. The first-order valence-electron chi connectivity index (χ1n) is 7.01. The molecule has 2 saturated heterocycles. The third-order valence-corrected chi connectivity index (χ3v) is 6.56. The zero-order chi connectivity index (χ0) is 15.2. The number of hydrogen-bond acceptors (Lipinski definition) is 6. The van der Waals surface area contributed by atoms with Crippen molar-refractivity contribution in [1.29, 1.82) is 0 Å². The van der Waals surface area contributed by atoms with Crippen LogP contribution in [0.1, 0.15) is 44.5 Å². The normalized spacial score (nSPS) is 28.3. The van der Waals surface area contributed by atoms with Gasteiger partial charge >= 0.3 is 0 Å². The number of nitrogens with one attached hydrogen (secondary N) is 1. The van der Waals surface area contributed by atoms with Crippen LogP contribution in [0.4, 0.5) is 5.13 Å². The first-order valence-corrected chi connectivity index (χ1v) is 8.81. The summed E-state index contributed by atoms with van der Waals surface area (Å²) < 4.78 is 0. The molecule has 8 heteroatoms. The van der Waals surface area contributed by atoms with Gasteiger partial charge in [0.15, 0.2) is 0 Å². The summed E-state index contributed by atoms with van der Waals surface area (Å²) in [6.45, 7) is 6.11. The van der Waals surface area contributed by atoms with E-state index in [4.69, 9.17) is 0 Å². The molecule has 0 aliphatic carbocycles. The summed E-state index contributed by atoms with van der Waals surface area (Å²) in [6, 6.07) is -0.401. The number of fused-ring (bicyclic) bond motifs is 1. The van der Waals surface area contributed by atoms with Gasteiger partial charge in [-0.05, 0) is 13.3 Å². The quantitative estimate of drug-likeness (QED) is 0.920. The summed E-state index contributed by atoms with van der Waals surface area (Å²) in [4.78, 5) is 26.0. The molecule has 114 valence electrons. The molecule has 2 fully saturated rings. The second kappa shape index (κ2) is 5.24. The largest absolute Gasteiger partial charge is 0.315 e. The van der Waals surface area contributed by atoms with E-state index in [1.54, 1.807) is 16.7 Å². The number of aromatic nitrogens is 2. The van der Waals surface area contributed by atoms with Crippen molar-refractivity contribution in [3.63, 3.8) is 0 Å². The maximum absolute atomic E-state index is 12.4. The summed E-state index contributed by atoms with van der Waals surface area (Å²) in [7, 11) is 0. The van der Waals surface area contributed by atoms with E-state index in [1.165, 1.54) is 11.3 Å². The van der Waals surface area contributed by atoms with Crippen molar-refractivity contribution in [2.24, 2.45) is 0 Å². The highest BCUT2D eigenvalue weighted by molar-refractivity contribution is 8.01. The Balaban J connectivity index is 1.72. The Morgan fingerprint density at radius 3 is 2.90 bits per heavy atom. The van der Waals surface area contributed by atoms with Crippen molar-refractivity contribution in [2.45, 2.75) is 50.4 Å². The molecule has 0 spiro atoms. The fourth-order valence-corrected chi connectivity index (χ4v) is 4.90. The van der Waals surface area contributed by atoms with Crippen molar-refractivity contribution in [3.8, 4) is 0 Å². The zero-order valence-electron chi connectivity index (χ0n) is 12.3. The Hall–Kier alpha value is -1.15. The van der Waals surface area contributed by atoms with Crippen molar-refractivity contribution >= 4 is 40.0 Å². The van der Waals surface area contributed by atoms with Gasteiger partial charge in [0.25, 0.3) is 0 Å². The number of hydrogen-bond donors (Lipinski definition) is 1. The van der Waals surface area contributed by atoms with E-state index in [0.717, 1.165) is 11.4 Å². The molecule has 2 aliphatic rings. The molecule has 0 bridgehead atoms. The smallest absolute Gasteiger partial charge is 0.249 e. The van der Waals surface area contributed by atoms with Crippen LogP contribution < -0.4 is 5.32 Å². The molecule has 0 radical (unpaired) electrons. The Morgan fingerprint density at radius 2 is 2.24 bits per heavy atom. The molecule has 1 aromatic rings. The summed E-state index contributed by atoms with van der Waals surface area (Å²) >= 11 is 3.08. The molecular formula is C13H18N4O2S2. The molecule has 0 aromatic carbocycles. The molecule has 2 amide bonds. The Bertz CT molecular complexity index is 588. The van der Waals surface area contributed by atoms with E-state index in [0.29, 0.717) is 23.2 Å². The van der Waals surface area contributed by atoms with Crippen LogP contribution >= 0.6 is 23.1 Å². The first kappa shape index (κ1) is 14.8. The SMILES string of the molecule is CC(C)c1nnc(NC(=O)[C@@H]2CS[C@@]3(C)CCC(=O)N23)s1. The lowest BCUT2D eigenvalue weighted by Gasteiger charge is -2.29. The average molecular weight is 326 g/mol. The third kappa shape index (κ3) is 2.55. The second-order valence-corrected chi connectivity index (χ2v) is 8.37. The molecule has 3 rings (SSSR count). The molecule has 0 saturated carbocycles. The van der Waals surface area contributed by atoms with Crippen molar-refractivity contribution in [3.05, 3.63) is 5.01 Å². The summed E-state index contributed by atoms with van der Waals surface area (Å²) in [6.07, 6.45) is 1.35. The van der Waals surface area contributed by atoms with E-state index < -0.39 is 6.04 Å². The highest BCUT2D eigenvalue weighted by Gasteiger charge is 2.52. The molecule has 6 nitrogen and oxygen atoms in total. The fraction of sp³-hybridized carbons (Fsp3) is 0.692. The lowest BCUT2D eigenvalue weighted by Crippen LogP contribution is -2.48. The van der Waals surface area contributed by atoms with Crippen LogP contribution in [0.25, 0.3) is 0 Å². The van der Waals surface area contributed by atoms with Gasteiger partial charge in [-0.1, -0.05) is 25.2 Å². The second-order valence-electron chi connectivity index (χ2n) is 5.85. The van der Waals surface area contributed by atoms with Crippen molar-refractivity contribution < 1.29 is 9.59 Å². The van der Waals surface area contributed by atoms with Crippen LogP contribution in [0.2, 0.25) is 0 Å². The average Bonchev–Trinajstić information content (AvgIpc) is 3.07. The number of thioether (sulfide) groups is 1. The van der Waals surface area contributed by atoms with Gasteiger partial charge in [0, 0.05) is 18.1 Å². The van der Waals surface area contributed by atoms with Crippen LogP contribution in [-0.4, -0.2) is 43.6 Å². The first-order chi connectivity index (χ1) is 9.90.